The first-order valence-electron chi connectivity index (χ1n) is 8.85. The first kappa shape index (κ1) is 20.5. The normalized spacial score (nSPS) is 11.1. The number of halogens is 1. The molecule has 0 aliphatic carbocycles. The minimum Gasteiger partial charge on any atom is -0.453 e. The number of nitriles is 1. The molecule has 0 spiro atoms. The van der Waals surface area contributed by atoms with Crippen LogP contribution in [0.5, 0.6) is 11.5 Å². The van der Waals surface area contributed by atoms with E-state index >= 15 is 0 Å². The Morgan fingerprint density at radius 1 is 1.19 bits per heavy atom. The van der Waals surface area contributed by atoms with Crippen LogP contribution in [0.4, 0.5) is 9.52 Å². The molecule has 4 aromatic rings. The predicted molar refractivity (Wildman–Crippen MR) is 112 cm³/mol. The van der Waals surface area contributed by atoms with E-state index in [1.54, 1.807) is 34.6 Å². The third kappa shape index (κ3) is 4.71. The van der Waals surface area contributed by atoms with Crippen LogP contribution in [0.15, 0.2) is 71.3 Å². The summed E-state index contributed by atoms with van der Waals surface area (Å²) in [5.41, 5.74) is 0.630. The Bertz CT molecular complexity index is 1350. The maximum Gasteiger partial charge on any atom is 0.263 e. The molecular formula is C20H14FN5O3S2. The Morgan fingerprint density at radius 3 is 2.71 bits per heavy atom. The molecular weight excluding hydrogens is 441 g/mol. The molecule has 156 valence electrons. The fraction of sp³-hybridized carbons (Fsp3) is 0.0500. The Morgan fingerprint density at radius 2 is 2.03 bits per heavy atom. The van der Waals surface area contributed by atoms with Gasteiger partial charge in [0, 0.05) is 24.0 Å². The first-order chi connectivity index (χ1) is 14.9. The second kappa shape index (κ2) is 8.55. The highest BCUT2D eigenvalue weighted by Crippen LogP contribution is 2.30. The molecule has 0 aliphatic rings. The van der Waals surface area contributed by atoms with E-state index < -0.39 is 15.8 Å². The van der Waals surface area contributed by atoms with Crippen molar-refractivity contribution in [2.75, 3.05) is 4.72 Å². The summed E-state index contributed by atoms with van der Waals surface area (Å²) >= 11 is 1.12. The zero-order valence-corrected chi connectivity index (χ0v) is 17.4. The van der Waals surface area contributed by atoms with Crippen LogP contribution in [0, 0.1) is 17.1 Å². The molecule has 2 aromatic heterocycles. The minimum atomic E-state index is -3.94. The highest BCUT2D eigenvalue weighted by Gasteiger charge is 2.19. The van der Waals surface area contributed by atoms with Crippen molar-refractivity contribution in [3.63, 3.8) is 0 Å². The first-order valence-corrected chi connectivity index (χ1v) is 11.2. The van der Waals surface area contributed by atoms with Gasteiger partial charge in [-0.25, -0.2) is 17.8 Å². The second-order valence-electron chi connectivity index (χ2n) is 6.28. The van der Waals surface area contributed by atoms with Gasteiger partial charge in [0.05, 0.1) is 17.0 Å². The summed E-state index contributed by atoms with van der Waals surface area (Å²) in [6, 6.07) is 11.9. The van der Waals surface area contributed by atoms with Crippen molar-refractivity contribution in [2.45, 2.75) is 11.4 Å². The van der Waals surface area contributed by atoms with Crippen LogP contribution in [0.2, 0.25) is 0 Å². The van der Waals surface area contributed by atoms with Crippen LogP contribution in [0.1, 0.15) is 11.1 Å². The van der Waals surface area contributed by atoms with Crippen LogP contribution < -0.4 is 9.46 Å². The Balaban J connectivity index is 1.55. The van der Waals surface area contributed by atoms with Crippen LogP contribution >= 0.6 is 11.3 Å². The van der Waals surface area contributed by atoms with Crippen LogP contribution in [-0.4, -0.2) is 23.2 Å². The summed E-state index contributed by atoms with van der Waals surface area (Å²) in [6.07, 6.45) is 4.86. The van der Waals surface area contributed by atoms with Crippen molar-refractivity contribution >= 4 is 26.5 Å². The molecule has 0 saturated heterocycles. The van der Waals surface area contributed by atoms with Crippen molar-refractivity contribution < 1.29 is 17.5 Å². The van der Waals surface area contributed by atoms with Gasteiger partial charge in [-0.15, -0.1) is 11.3 Å². The quantitative estimate of drug-likeness (QED) is 0.451. The summed E-state index contributed by atoms with van der Waals surface area (Å²) < 4.78 is 49.1. The summed E-state index contributed by atoms with van der Waals surface area (Å²) in [6.45, 7) is 0.395. The number of nitrogens with one attached hydrogen (secondary N) is 1. The van der Waals surface area contributed by atoms with Gasteiger partial charge in [-0.2, -0.15) is 10.4 Å². The number of anilines is 1. The molecule has 11 heteroatoms. The van der Waals surface area contributed by atoms with Crippen LogP contribution in [0.25, 0.3) is 0 Å². The van der Waals surface area contributed by atoms with E-state index in [9.17, 15) is 18.1 Å². The van der Waals surface area contributed by atoms with Gasteiger partial charge in [0.1, 0.15) is 11.8 Å². The molecule has 0 fully saturated rings. The van der Waals surface area contributed by atoms with E-state index in [1.165, 1.54) is 30.5 Å². The van der Waals surface area contributed by atoms with E-state index in [4.69, 9.17) is 4.74 Å². The lowest BCUT2D eigenvalue weighted by atomic mass is 10.2. The van der Waals surface area contributed by atoms with Crippen LogP contribution in [-0.2, 0) is 16.6 Å². The number of ether oxygens (including phenoxy) is 1. The third-order valence-corrected chi connectivity index (χ3v) is 6.31. The number of sulfonamides is 1. The smallest absolute Gasteiger partial charge is 0.263 e. The fourth-order valence-corrected chi connectivity index (χ4v) is 4.54. The molecule has 0 amide bonds. The largest absolute Gasteiger partial charge is 0.453 e. The average Bonchev–Trinajstić information content (AvgIpc) is 3.44. The molecule has 2 aromatic carbocycles. The molecule has 0 unspecified atom stereocenters. The number of nitrogens with zero attached hydrogens (tertiary/aromatic N) is 4. The van der Waals surface area contributed by atoms with Crippen molar-refractivity contribution in [1.29, 1.82) is 5.26 Å². The summed E-state index contributed by atoms with van der Waals surface area (Å²) in [5, 5.41) is 15.4. The monoisotopic (exact) mass is 455 g/mol. The van der Waals surface area contributed by atoms with Gasteiger partial charge in [-0.1, -0.05) is 6.07 Å². The maximum absolute atomic E-state index is 14.5. The Hall–Kier alpha value is -3.75. The number of hydrogen-bond donors (Lipinski definition) is 1. The molecule has 0 saturated carbocycles. The standard InChI is InChI=1S/C20H14FN5O3S2/c21-17-10-14(13-26-8-1-6-24-26)2-4-19(17)29-18-5-3-16(11-15(18)12-22)31(27,28)25-20-23-7-9-30-20/h1-11H,13H2,(H,23,25). The van der Waals surface area contributed by atoms with E-state index in [2.05, 4.69) is 14.8 Å². The third-order valence-electron chi connectivity index (χ3n) is 4.16. The number of aromatic nitrogens is 3. The number of hydrogen-bond acceptors (Lipinski definition) is 7. The molecule has 0 aliphatic heterocycles. The van der Waals surface area contributed by atoms with Gasteiger partial charge in [-0.05, 0) is 42.0 Å². The molecule has 0 atom stereocenters. The molecule has 8 nitrogen and oxygen atoms in total. The van der Waals surface area contributed by atoms with Crippen molar-refractivity contribution in [1.82, 2.24) is 14.8 Å². The Kier molecular flexibility index (Phi) is 5.66. The topological polar surface area (TPSA) is 110 Å². The highest BCUT2D eigenvalue weighted by atomic mass is 32.2. The van der Waals surface area contributed by atoms with Gasteiger partial charge >= 0.3 is 0 Å². The summed E-state index contributed by atoms with van der Waals surface area (Å²) in [7, 11) is -3.94. The second-order valence-corrected chi connectivity index (χ2v) is 8.86. The van der Waals surface area contributed by atoms with E-state index in [1.807, 2.05) is 6.07 Å². The summed E-state index contributed by atoms with van der Waals surface area (Å²) in [5.74, 6) is -0.665. The maximum atomic E-state index is 14.5. The number of thiazole rings is 1. The van der Waals surface area contributed by atoms with Gasteiger partial charge in [0.25, 0.3) is 10.0 Å². The van der Waals surface area contributed by atoms with Gasteiger partial charge in [0.2, 0.25) is 0 Å². The van der Waals surface area contributed by atoms with Crippen LogP contribution in [0.3, 0.4) is 0 Å². The lowest BCUT2D eigenvalue weighted by Gasteiger charge is -2.11. The van der Waals surface area contributed by atoms with Gasteiger partial charge in [-0.3, -0.25) is 9.40 Å². The summed E-state index contributed by atoms with van der Waals surface area (Å²) in [4.78, 5) is 3.74. The highest BCUT2D eigenvalue weighted by molar-refractivity contribution is 7.93. The fourth-order valence-electron chi connectivity index (χ4n) is 2.73. The molecule has 4 rings (SSSR count). The lowest BCUT2D eigenvalue weighted by molar-refractivity contribution is 0.440. The number of benzene rings is 2. The van der Waals surface area contributed by atoms with Crippen molar-refractivity contribution in [3.05, 3.63) is 83.4 Å². The minimum absolute atomic E-state index is 0.0365. The Labute approximate surface area is 181 Å². The average molecular weight is 455 g/mol. The molecule has 2 heterocycles. The molecule has 0 radical (unpaired) electrons. The number of rotatable bonds is 7. The molecule has 0 bridgehead atoms. The van der Waals surface area contributed by atoms with Crippen molar-refractivity contribution in [2.24, 2.45) is 0 Å². The molecule has 1 N–H and O–H groups in total. The lowest BCUT2D eigenvalue weighted by Crippen LogP contribution is -2.13. The zero-order chi connectivity index (χ0) is 21.8. The van der Waals surface area contributed by atoms with Gasteiger partial charge < -0.3 is 4.74 Å². The van der Waals surface area contributed by atoms with Crippen molar-refractivity contribution in [3.8, 4) is 17.6 Å². The SMILES string of the molecule is N#Cc1cc(S(=O)(=O)Nc2nccs2)ccc1Oc1ccc(Cn2cccn2)cc1F. The van der Waals surface area contributed by atoms with E-state index in [0.29, 0.717) is 12.1 Å². The van der Waals surface area contributed by atoms with E-state index in [0.717, 1.165) is 17.4 Å². The zero-order valence-electron chi connectivity index (χ0n) is 15.8. The van der Waals surface area contributed by atoms with E-state index in [-0.39, 0.29) is 27.1 Å². The van der Waals surface area contributed by atoms with Gasteiger partial charge in [0.15, 0.2) is 16.7 Å². The molecule has 31 heavy (non-hydrogen) atoms. The predicted octanol–water partition coefficient (Wildman–Crippen LogP) is 3.99.